The Morgan fingerprint density at radius 1 is 1.05 bits per heavy atom. The molecule has 4 heteroatoms. The third-order valence-corrected chi connectivity index (χ3v) is 2.08. The second-order valence-corrected chi connectivity index (χ2v) is 3.54. The van der Waals surface area contributed by atoms with Crippen molar-refractivity contribution in [3.05, 3.63) is 54.3 Å². The van der Waals surface area contributed by atoms with E-state index in [-0.39, 0.29) is 5.76 Å². The van der Waals surface area contributed by atoms with Crippen LogP contribution < -0.4 is 0 Å². The molecule has 0 bridgehead atoms. The number of aliphatic hydroxyl groups is 1. The highest BCUT2D eigenvalue weighted by atomic mass is 16.3. The Balaban J connectivity index is 0.000000861. The highest BCUT2D eigenvalue weighted by Gasteiger charge is 1.96. The number of aliphatic hydroxyl groups excluding tert-OH is 1. The van der Waals surface area contributed by atoms with Gasteiger partial charge in [0.2, 0.25) is 0 Å². The van der Waals surface area contributed by atoms with Crippen molar-refractivity contribution in [2.75, 3.05) is 0 Å². The lowest BCUT2D eigenvalue weighted by atomic mass is 10.3. The van der Waals surface area contributed by atoms with Crippen LogP contribution in [0.2, 0.25) is 0 Å². The predicted octanol–water partition coefficient (Wildman–Crippen LogP) is 3.95. The molecule has 1 heterocycles. The Bertz CT molecular complexity index is 557. The summed E-state index contributed by atoms with van der Waals surface area (Å²) < 4.78 is 0. The van der Waals surface area contributed by atoms with Gasteiger partial charge in [-0.25, -0.2) is 0 Å². The molecule has 2 aromatic rings. The largest absolute Gasteiger partial charge is 0.513 e. The fraction of sp³-hybridized carbons (Fsp3) is 0.200. The van der Waals surface area contributed by atoms with Crippen LogP contribution in [0, 0.1) is 0 Å². The first kappa shape index (κ1) is 14.7. The van der Waals surface area contributed by atoms with Crippen LogP contribution in [0.4, 0.5) is 0 Å². The molecule has 1 aromatic carbocycles. The van der Waals surface area contributed by atoms with Gasteiger partial charge in [0.1, 0.15) is 11.0 Å². The van der Waals surface area contributed by atoms with E-state index in [9.17, 15) is 0 Å². The van der Waals surface area contributed by atoms with Crippen LogP contribution in [0.15, 0.2) is 54.3 Å². The lowest BCUT2D eigenvalue weighted by Gasteiger charge is -1.84. The van der Waals surface area contributed by atoms with Gasteiger partial charge in [0, 0.05) is 6.20 Å². The number of rotatable bonds is 3. The molecule has 0 spiro atoms. The van der Waals surface area contributed by atoms with Crippen molar-refractivity contribution in [3.8, 4) is 0 Å². The first-order valence-corrected chi connectivity index (χ1v) is 6.28. The zero-order valence-electron chi connectivity index (χ0n) is 11.5. The van der Waals surface area contributed by atoms with Crippen molar-refractivity contribution < 1.29 is 5.11 Å². The number of nitrogens with zero attached hydrogens (tertiary/aromatic N) is 3. The van der Waals surface area contributed by atoms with Gasteiger partial charge in [-0.2, -0.15) is 4.80 Å². The summed E-state index contributed by atoms with van der Waals surface area (Å²) in [5.41, 5.74) is 1.74. The van der Waals surface area contributed by atoms with Crippen LogP contribution >= 0.6 is 0 Å². The maximum atomic E-state index is 8.92. The summed E-state index contributed by atoms with van der Waals surface area (Å²) in [5, 5.41) is 17.5. The van der Waals surface area contributed by atoms with Crippen LogP contribution in [-0.2, 0) is 0 Å². The first-order chi connectivity index (χ1) is 9.25. The van der Waals surface area contributed by atoms with Crippen molar-refractivity contribution in [1.29, 1.82) is 0 Å². The minimum atomic E-state index is 0.276. The molecule has 1 aromatic heterocycles. The van der Waals surface area contributed by atoms with Gasteiger partial charge in [0.05, 0.1) is 5.76 Å². The van der Waals surface area contributed by atoms with E-state index in [1.54, 1.807) is 37.4 Å². The average Bonchev–Trinajstić information content (AvgIpc) is 2.83. The summed E-state index contributed by atoms with van der Waals surface area (Å²) in [6, 6.07) is 7.69. The first-order valence-electron chi connectivity index (χ1n) is 6.28. The Labute approximate surface area is 113 Å². The second-order valence-electron chi connectivity index (χ2n) is 3.54. The van der Waals surface area contributed by atoms with E-state index in [0.717, 1.165) is 11.0 Å². The molecule has 2 rings (SSSR count). The minimum Gasteiger partial charge on any atom is -0.513 e. The molecule has 1 N–H and O–H groups in total. The zero-order chi connectivity index (χ0) is 14.1. The lowest BCUT2D eigenvalue weighted by molar-refractivity contribution is 0.414. The summed E-state index contributed by atoms with van der Waals surface area (Å²) in [7, 11) is 0. The SMILES string of the molecule is CC.C\C(O)=C/C=C\C=C\n1nc2ccccc2n1. The van der Waals surface area contributed by atoms with E-state index >= 15 is 0 Å². The molecule has 0 radical (unpaired) electrons. The number of benzene rings is 1. The molecule has 0 amide bonds. The highest BCUT2D eigenvalue weighted by Crippen LogP contribution is 2.06. The van der Waals surface area contributed by atoms with Gasteiger partial charge < -0.3 is 5.11 Å². The van der Waals surface area contributed by atoms with Gasteiger partial charge in [-0.1, -0.05) is 38.1 Å². The molecule has 0 saturated heterocycles. The Kier molecular flexibility index (Phi) is 6.09. The van der Waals surface area contributed by atoms with Gasteiger partial charge in [0.15, 0.2) is 0 Å². The number of hydrogen-bond donors (Lipinski definition) is 1. The molecule has 0 aliphatic heterocycles. The summed E-state index contributed by atoms with van der Waals surface area (Å²) in [6.07, 6.45) is 8.70. The zero-order valence-corrected chi connectivity index (χ0v) is 11.5. The number of allylic oxidation sites excluding steroid dienone is 5. The maximum absolute atomic E-state index is 8.92. The topological polar surface area (TPSA) is 50.9 Å². The molecule has 19 heavy (non-hydrogen) atoms. The minimum absolute atomic E-state index is 0.276. The van der Waals surface area contributed by atoms with Crippen LogP contribution in [0.1, 0.15) is 20.8 Å². The van der Waals surface area contributed by atoms with E-state index in [0.29, 0.717) is 0 Å². The molecule has 100 valence electrons. The van der Waals surface area contributed by atoms with Gasteiger partial charge in [-0.3, -0.25) is 0 Å². The number of hydrogen-bond acceptors (Lipinski definition) is 3. The molecule has 0 saturated carbocycles. The molecule has 0 atom stereocenters. The number of aromatic nitrogens is 3. The van der Waals surface area contributed by atoms with Gasteiger partial charge in [0.25, 0.3) is 0 Å². The Morgan fingerprint density at radius 2 is 1.63 bits per heavy atom. The molecule has 0 fully saturated rings. The molecular weight excluding hydrogens is 238 g/mol. The Morgan fingerprint density at radius 3 is 2.16 bits per heavy atom. The van der Waals surface area contributed by atoms with E-state index in [2.05, 4.69) is 10.2 Å². The monoisotopic (exact) mass is 257 g/mol. The average molecular weight is 257 g/mol. The van der Waals surface area contributed by atoms with E-state index in [1.165, 1.54) is 4.80 Å². The standard InChI is InChI=1S/C13H13N3O.C2H6/c1-11(17)7-3-2-6-10-16-14-12-8-4-5-9-13(12)15-16;1-2/h2-10,17H,1H3;1-2H3/b3-2-,10-6+,11-7+;. The third-order valence-electron chi connectivity index (χ3n) is 2.08. The molecule has 0 aliphatic carbocycles. The van der Waals surface area contributed by atoms with Crippen LogP contribution in [0.3, 0.4) is 0 Å². The fourth-order valence-corrected chi connectivity index (χ4v) is 1.33. The van der Waals surface area contributed by atoms with Gasteiger partial charge >= 0.3 is 0 Å². The quantitative estimate of drug-likeness (QED) is 0.669. The van der Waals surface area contributed by atoms with Crippen molar-refractivity contribution in [3.63, 3.8) is 0 Å². The third kappa shape index (κ3) is 4.79. The smallest absolute Gasteiger partial charge is 0.113 e. The van der Waals surface area contributed by atoms with Gasteiger partial charge in [-0.05, 0) is 31.2 Å². The summed E-state index contributed by atoms with van der Waals surface area (Å²) >= 11 is 0. The van der Waals surface area contributed by atoms with E-state index < -0.39 is 0 Å². The molecule has 0 unspecified atom stereocenters. The van der Waals surface area contributed by atoms with E-state index in [1.807, 2.05) is 38.1 Å². The fourth-order valence-electron chi connectivity index (χ4n) is 1.33. The van der Waals surface area contributed by atoms with Crippen LogP contribution in [-0.4, -0.2) is 20.1 Å². The van der Waals surface area contributed by atoms with Crippen molar-refractivity contribution in [2.45, 2.75) is 20.8 Å². The van der Waals surface area contributed by atoms with Crippen molar-refractivity contribution >= 4 is 17.2 Å². The lowest BCUT2D eigenvalue weighted by Crippen LogP contribution is -1.89. The molecule has 0 aliphatic rings. The summed E-state index contributed by atoms with van der Waals surface area (Å²) in [4.78, 5) is 1.52. The summed E-state index contributed by atoms with van der Waals surface area (Å²) in [5.74, 6) is 0.276. The summed E-state index contributed by atoms with van der Waals surface area (Å²) in [6.45, 7) is 5.62. The van der Waals surface area contributed by atoms with Crippen molar-refractivity contribution in [2.24, 2.45) is 0 Å². The van der Waals surface area contributed by atoms with Crippen molar-refractivity contribution in [1.82, 2.24) is 15.0 Å². The predicted molar refractivity (Wildman–Crippen MR) is 79.7 cm³/mol. The van der Waals surface area contributed by atoms with E-state index in [4.69, 9.17) is 5.11 Å². The molecule has 4 nitrogen and oxygen atoms in total. The van der Waals surface area contributed by atoms with Crippen LogP contribution in [0.5, 0.6) is 0 Å². The van der Waals surface area contributed by atoms with Crippen LogP contribution in [0.25, 0.3) is 17.2 Å². The maximum Gasteiger partial charge on any atom is 0.113 e. The normalized spacial score (nSPS) is 12.1. The second kappa shape index (κ2) is 7.87. The molecular formula is C15H19N3O. The Hall–Kier alpha value is -2.36. The van der Waals surface area contributed by atoms with Gasteiger partial charge in [-0.15, -0.1) is 10.2 Å². The number of fused-ring (bicyclic) bond motifs is 1. The highest BCUT2D eigenvalue weighted by molar-refractivity contribution is 5.73.